The lowest BCUT2D eigenvalue weighted by Gasteiger charge is -2.47. The molecule has 3 aliphatic rings. The highest BCUT2D eigenvalue weighted by Gasteiger charge is 2.53. The zero-order chi connectivity index (χ0) is 54.1. The van der Waals surface area contributed by atoms with Gasteiger partial charge >= 0.3 is 17.9 Å². The van der Waals surface area contributed by atoms with Gasteiger partial charge in [0.25, 0.3) is 0 Å². The van der Waals surface area contributed by atoms with Crippen LogP contribution < -0.4 is 0 Å². The van der Waals surface area contributed by atoms with E-state index in [1.165, 1.54) is 33.1 Å². The van der Waals surface area contributed by atoms with Crippen molar-refractivity contribution < 1.29 is 88.0 Å². The van der Waals surface area contributed by atoms with E-state index < -0.39 is 122 Å². The Labute approximate surface area is 440 Å². The molecule has 72 heavy (non-hydrogen) atoms. The van der Waals surface area contributed by atoms with Gasteiger partial charge < -0.3 is 73.6 Å². The van der Waals surface area contributed by atoms with E-state index >= 15 is 0 Å². The normalized spacial score (nSPS) is 34.8. The quantitative estimate of drug-likeness (QED) is 0.0503. The van der Waals surface area contributed by atoms with Gasteiger partial charge in [-0.25, -0.2) is 9.59 Å². The smallest absolute Gasteiger partial charge is 0.342 e. The van der Waals surface area contributed by atoms with Crippen LogP contribution in [0.1, 0.15) is 111 Å². The Morgan fingerprint density at radius 3 is 2.21 bits per heavy atom. The van der Waals surface area contributed by atoms with Crippen molar-refractivity contribution in [2.24, 2.45) is 11.8 Å². The number of hydrogen-bond acceptors (Lipinski definition) is 18. The summed E-state index contributed by atoms with van der Waals surface area (Å²) in [5.74, 6) is -4.24. The summed E-state index contributed by atoms with van der Waals surface area (Å²) in [6.07, 6.45) is -5.15. The summed E-state index contributed by atoms with van der Waals surface area (Å²) in [4.78, 5) is 40.1. The Balaban J connectivity index is 1.61. The average molecular weight is 1150 g/mol. The number of carbonyl (C=O) groups is 3. The third-order valence-corrected chi connectivity index (χ3v) is 14.4. The molecule has 20 heteroatoms. The summed E-state index contributed by atoms with van der Waals surface area (Å²) in [6.45, 7) is 18.2. The van der Waals surface area contributed by atoms with Gasteiger partial charge in [0.15, 0.2) is 30.5 Å². The molecule has 9 unspecified atom stereocenters. The van der Waals surface area contributed by atoms with E-state index in [0.717, 1.165) is 0 Å². The zero-order valence-electron chi connectivity index (χ0n) is 43.0. The van der Waals surface area contributed by atoms with Crippen molar-refractivity contribution in [2.75, 3.05) is 13.7 Å². The minimum atomic E-state index is -1.60. The molecule has 4 rings (SSSR count). The maximum Gasteiger partial charge on any atom is 0.342 e. The molecule has 0 radical (unpaired) electrons. The number of hydrogen-bond donors (Lipinski definition) is 7. The van der Waals surface area contributed by atoms with Crippen molar-refractivity contribution in [2.45, 2.75) is 187 Å². The Bertz CT molecular complexity index is 2220. The summed E-state index contributed by atoms with van der Waals surface area (Å²) in [6, 6.07) is 0. The monoisotopic (exact) mass is 1150 g/mol. The first-order valence-electron chi connectivity index (χ1n) is 24.2. The first-order chi connectivity index (χ1) is 33.7. The molecular weight excluding hydrogens is 1070 g/mol. The van der Waals surface area contributed by atoms with Crippen molar-refractivity contribution >= 4 is 52.1 Å². The predicted molar refractivity (Wildman–Crippen MR) is 273 cm³/mol. The van der Waals surface area contributed by atoms with Gasteiger partial charge in [0.1, 0.15) is 47.4 Å². The van der Waals surface area contributed by atoms with E-state index in [1.54, 1.807) is 76.3 Å². The van der Waals surface area contributed by atoms with Crippen molar-refractivity contribution in [3.05, 3.63) is 78.5 Å². The first-order valence-corrected chi connectivity index (χ1v) is 25.6. The number of cyclic esters (lactones) is 1. The number of allylic oxidation sites excluding steroid dienone is 4. The largest absolute Gasteiger partial charge is 0.506 e. The molecular formula is C52H74ClIO18. The SMILES string of the molecule is CCc1c(Cl)c(O)c(I)c(O)c1C(=O)OC1C(C)OC(OC/C2=C\C=C\C[C@H](O)/C(C)=C/[C@H](CC)[C@H](OC3OC(C)(C)C(OC(=O)C(C)C)C(O)C3O)/C(C)=C/C(C)=C/C[C@@H]([C@@H](C)O)OC2=O)C(OC)C1O. The lowest BCUT2D eigenvalue weighted by atomic mass is 9.88. The Morgan fingerprint density at radius 2 is 1.61 bits per heavy atom. The van der Waals surface area contributed by atoms with E-state index in [9.17, 15) is 50.1 Å². The highest BCUT2D eigenvalue weighted by atomic mass is 127. The molecule has 0 amide bonds. The molecule has 14 atom stereocenters. The van der Waals surface area contributed by atoms with E-state index in [0.29, 0.717) is 23.1 Å². The lowest BCUT2D eigenvalue weighted by molar-refractivity contribution is -0.333. The van der Waals surface area contributed by atoms with Crippen molar-refractivity contribution in [3.63, 3.8) is 0 Å². The minimum absolute atomic E-state index is 0.0254. The van der Waals surface area contributed by atoms with Gasteiger partial charge in [0, 0.05) is 19.4 Å². The Kier molecular flexibility index (Phi) is 22.8. The predicted octanol–water partition coefficient (Wildman–Crippen LogP) is 6.19. The van der Waals surface area contributed by atoms with Gasteiger partial charge in [-0.1, -0.05) is 75.2 Å². The molecule has 0 aromatic heterocycles. The van der Waals surface area contributed by atoms with Crippen LogP contribution in [-0.4, -0.2) is 153 Å². The third kappa shape index (κ3) is 14.9. The fourth-order valence-corrected chi connectivity index (χ4v) is 9.62. The van der Waals surface area contributed by atoms with E-state index in [2.05, 4.69) is 0 Å². The molecule has 0 bridgehead atoms. The van der Waals surface area contributed by atoms with Crippen LogP contribution in [0.2, 0.25) is 5.02 Å². The number of phenolic OH excluding ortho intramolecular Hbond substituents is 2. The summed E-state index contributed by atoms with van der Waals surface area (Å²) < 4.78 is 47.6. The molecule has 0 saturated carbocycles. The van der Waals surface area contributed by atoms with Gasteiger partial charge in [-0.15, -0.1) is 0 Å². The van der Waals surface area contributed by atoms with Crippen molar-refractivity contribution in [1.82, 2.24) is 0 Å². The van der Waals surface area contributed by atoms with E-state index in [1.807, 2.05) is 32.9 Å². The van der Waals surface area contributed by atoms with Crippen LogP contribution in [0.3, 0.4) is 0 Å². The van der Waals surface area contributed by atoms with Gasteiger partial charge in [-0.05, 0) is 113 Å². The van der Waals surface area contributed by atoms with Crippen LogP contribution >= 0.6 is 34.2 Å². The number of carbonyl (C=O) groups excluding carboxylic acids is 3. The highest BCUT2D eigenvalue weighted by Crippen LogP contribution is 2.43. The maximum absolute atomic E-state index is 14.0. The van der Waals surface area contributed by atoms with Gasteiger partial charge in [-0.3, -0.25) is 4.79 Å². The number of methoxy groups -OCH3 is 1. The number of halogens is 2. The topological polar surface area (TPSA) is 267 Å². The molecule has 3 aliphatic heterocycles. The third-order valence-electron chi connectivity index (χ3n) is 13.0. The van der Waals surface area contributed by atoms with Crippen LogP contribution in [0.5, 0.6) is 11.5 Å². The Morgan fingerprint density at radius 1 is 0.944 bits per heavy atom. The van der Waals surface area contributed by atoms with Gasteiger partial charge in [0.2, 0.25) is 0 Å². The molecule has 18 nitrogen and oxygen atoms in total. The van der Waals surface area contributed by atoms with Crippen LogP contribution in [0.15, 0.2) is 58.7 Å². The molecule has 1 aromatic carbocycles. The second-order valence-corrected chi connectivity index (χ2v) is 20.8. The number of aromatic hydroxyl groups is 2. The molecule has 404 valence electrons. The van der Waals surface area contributed by atoms with Crippen molar-refractivity contribution in [1.29, 1.82) is 0 Å². The average Bonchev–Trinajstić information content (AvgIpc) is 3.32. The summed E-state index contributed by atoms with van der Waals surface area (Å²) in [5, 5.41) is 77.4. The number of aliphatic hydroxyl groups excluding tert-OH is 5. The maximum atomic E-state index is 14.0. The Hall–Kier alpha value is -3.45. The molecule has 2 saturated heterocycles. The zero-order valence-corrected chi connectivity index (χ0v) is 46.0. The molecule has 2 fully saturated rings. The number of phenols is 2. The fraction of sp³-hybridized carbons (Fsp3) is 0.635. The lowest BCUT2D eigenvalue weighted by Crippen LogP contribution is -2.64. The summed E-state index contributed by atoms with van der Waals surface area (Å²) in [7, 11) is 1.28. The van der Waals surface area contributed by atoms with Crippen LogP contribution in [-0.2, 0) is 53.9 Å². The van der Waals surface area contributed by atoms with E-state index in [4.69, 9.17) is 49.5 Å². The van der Waals surface area contributed by atoms with Crippen LogP contribution in [0.25, 0.3) is 0 Å². The van der Waals surface area contributed by atoms with Crippen LogP contribution in [0.4, 0.5) is 0 Å². The number of esters is 3. The summed E-state index contributed by atoms with van der Waals surface area (Å²) in [5.41, 5.74) is 0.553. The number of benzene rings is 1. The molecule has 0 aliphatic carbocycles. The molecule has 3 heterocycles. The molecule has 0 spiro atoms. The fourth-order valence-electron chi connectivity index (χ4n) is 8.60. The molecule has 1 aromatic rings. The second kappa shape index (κ2) is 26.9. The molecule has 7 N–H and O–H groups in total. The number of ether oxygens (including phenoxy) is 8. The summed E-state index contributed by atoms with van der Waals surface area (Å²) >= 11 is 7.96. The van der Waals surface area contributed by atoms with Gasteiger partial charge in [-0.2, -0.15) is 0 Å². The van der Waals surface area contributed by atoms with E-state index in [-0.39, 0.29) is 56.2 Å². The van der Waals surface area contributed by atoms with Crippen LogP contribution in [0, 0.1) is 15.4 Å². The first kappa shape index (κ1) is 61.1. The van der Waals surface area contributed by atoms with Gasteiger partial charge in [0.05, 0.1) is 51.1 Å². The standard InChI is InChI=1S/C52H74ClIO18/c1-13-30-22-26(6)33(56)18-16-15-17-31(23-66-51-45(65-12)42(61)44(29(9)67-51)69-49(64)35-32(14-2)36(53)39(58)37(54)38(35)57)48(63)68-34(28(8)55)20-19-25(5)21-27(7)43(30)70-50-41(60)40(59)46(52(10,11)72-50)71-47(62)24(3)4/h15-17,19,21-22,24,28-30,33-34,40-46,50-51,55-61H,13-14,18,20,23H2,1-12H3/b16-15+,25-19+,26-22+,27-21+,31-17+/t28-,29?,30+,33+,34+,40?,41?,42?,43-,44?,45?,46?,50?,51?/m1/s1. The second-order valence-electron chi connectivity index (χ2n) is 19.4. The number of aliphatic hydroxyl groups is 5. The number of rotatable bonds is 13. The highest BCUT2D eigenvalue weighted by molar-refractivity contribution is 14.1. The van der Waals surface area contributed by atoms with Crippen molar-refractivity contribution in [3.8, 4) is 11.5 Å². The minimum Gasteiger partial charge on any atom is -0.506 e.